The van der Waals surface area contributed by atoms with Gasteiger partial charge in [-0.15, -0.1) is 0 Å². The Bertz CT molecular complexity index is 1060. The summed E-state index contributed by atoms with van der Waals surface area (Å²) in [5.41, 5.74) is 0.837. The van der Waals surface area contributed by atoms with E-state index in [0.29, 0.717) is 20.1 Å². The van der Waals surface area contributed by atoms with E-state index in [1.54, 1.807) is 0 Å². The van der Waals surface area contributed by atoms with Crippen molar-refractivity contribution < 1.29 is 17.6 Å². The smallest absolute Gasteiger partial charge is 0.161 e. The summed E-state index contributed by atoms with van der Waals surface area (Å²) in [6, 6.07) is 3.90. The number of hydrogen-bond acceptors (Lipinski definition) is 6. The first kappa shape index (κ1) is 15.8. The van der Waals surface area contributed by atoms with Crippen LogP contribution in [0.2, 0.25) is 0 Å². The molecular formula is C16H4F4N4S2. The van der Waals surface area contributed by atoms with Gasteiger partial charge >= 0.3 is 0 Å². The van der Waals surface area contributed by atoms with Gasteiger partial charge in [0.1, 0.15) is 20.1 Å². The summed E-state index contributed by atoms with van der Waals surface area (Å²) in [5, 5.41) is 1.82. The third-order valence-electron chi connectivity index (χ3n) is 3.68. The fourth-order valence-corrected chi connectivity index (χ4v) is 4.46. The fraction of sp³-hybridized carbons (Fsp3) is 0. The number of hydrogen-bond donors (Lipinski definition) is 0. The topological polar surface area (TPSA) is 51.6 Å². The summed E-state index contributed by atoms with van der Waals surface area (Å²) in [6.45, 7) is 0. The standard InChI is InChI=1S/C16H4F4N4S2/c17-5-1-9-10(2-6(5)18)22-14-13(21-9)25-15-16(26-14)24-12-4-8(20)7(19)3-11(12)23-15/h1-4H. The van der Waals surface area contributed by atoms with Gasteiger partial charge in [-0.05, 0) is 23.5 Å². The van der Waals surface area contributed by atoms with Crippen LogP contribution in [0.5, 0.6) is 0 Å². The summed E-state index contributed by atoms with van der Waals surface area (Å²) < 4.78 is 53.7. The molecule has 2 aromatic heterocycles. The van der Waals surface area contributed by atoms with Crippen molar-refractivity contribution in [3.05, 3.63) is 47.5 Å². The molecule has 10 heteroatoms. The second kappa shape index (κ2) is 5.52. The van der Waals surface area contributed by atoms with E-state index >= 15 is 0 Å². The summed E-state index contributed by atoms with van der Waals surface area (Å²) in [5.74, 6) is -4.04. The third-order valence-corrected chi connectivity index (χ3v) is 5.85. The lowest BCUT2D eigenvalue weighted by molar-refractivity contribution is 0.510. The molecule has 0 saturated heterocycles. The lowest BCUT2D eigenvalue weighted by Crippen LogP contribution is -2.02. The summed E-state index contributed by atoms with van der Waals surface area (Å²) in [4.78, 5) is 17.2. The largest absolute Gasteiger partial charge is 0.236 e. The number of benzene rings is 2. The SMILES string of the molecule is Fc1cc2nc3c(nc2cc1F)Sc1nc2cc(F)c(F)cc2nc1S3. The van der Waals surface area contributed by atoms with E-state index in [1.807, 2.05) is 0 Å². The quantitative estimate of drug-likeness (QED) is 0.355. The lowest BCUT2D eigenvalue weighted by atomic mass is 10.3. The van der Waals surface area contributed by atoms with E-state index in [4.69, 9.17) is 0 Å². The van der Waals surface area contributed by atoms with Crippen LogP contribution in [0.15, 0.2) is 44.4 Å². The van der Waals surface area contributed by atoms with Crippen molar-refractivity contribution in [3.63, 3.8) is 0 Å². The molecule has 1 aliphatic heterocycles. The first-order valence-corrected chi connectivity index (χ1v) is 8.80. The van der Waals surface area contributed by atoms with Gasteiger partial charge in [-0.3, -0.25) is 0 Å². The Morgan fingerprint density at radius 3 is 0.923 bits per heavy atom. The van der Waals surface area contributed by atoms with Crippen LogP contribution in [0.1, 0.15) is 0 Å². The van der Waals surface area contributed by atoms with Gasteiger partial charge in [-0.1, -0.05) is 0 Å². The predicted molar refractivity (Wildman–Crippen MR) is 87.2 cm³/mol. The average molecular weight is 392 g/mol. The molecule has 0 bridgehead atoms. The molecule has 2 aromatic carbocycles. The molecule has 128 valence electrons. The first-order chi connectivity index (χ1) is 12.5. The van der Waals surface area contributed by atoms with Crippen LogP contribution >= 0.6 is 23.5 Å². The van der Waals surface area contributed by atoms with Crippen LogP contribution in [-0.4, -0.2) is 19.9 Å². The minimum Gasteiger partial charge on any atom is -0.236 e. The lowest BCUT2D eigenvalue weighted by Gasteiger charge is -2.16. The van der Waals surface area contributed by atoms with Gasteiger partial charge in [-0.25, -0.2) is 37.5 Å². The van der Waals surface area contributed by atoms with Gasteiger partial charge < -0.3 is 0 Å². The molecule has 0 amide bonds. The Kier molecular flexibility index (Phi) is 3.35. The number of halogens is 4. The van der Waals surface area contributed by atoms with E-state index in [1.165, 1.54) is 0 Å². The van der Waals surface area contributed by atoms with Crippen molar-refractivity contribution >= 4 is 45.6 Å². The van der Waals surface area contributed by atoms with Crippen molar-refractivity contribution in [2.45, 2.75) is 20.1 Å². The van der Waals surface area contributed by atoms with Crippen molar-refractivity contribution in [2.75, 3.05) is 0 Å². The molecule has 4 aromatic rings. The molecule has 5 rings (SSSR count). The minimum atomic E-state index is -1.01. The van der Waals surface area contributed by atoms with Crippen molar-refractivity contribution in [1.29, 1.82) is 0 Å². The van der Waals surface area contributed by atoms with Crippen LogP contribution in [0.4, 0.5) is 17.6 Å². The van der Waals surface area contributed by atoms with Crippen molar-refractivity contribution in [2.24, 2.45) is 0 Å². The van der Waals surface area contributed by atoms with E-state index in [-0.39, 0.29) is 22.1 Å². The van der Waals surface area contributed by atoms with E-state index in [0.717, 1.165) is 47.8 Å². The first-order valence-electron chi connectivity index (χ1n) is 7.17. The number of aromatic nitrogens is 4. The zero-order valence-electron chi connectivity index (χ0n) is 12.4. The van der Waals surface area contributed by atoms with Crippen LogP contribution < -0.4 is 0 Å². The van der Waals surface area contributed by atoms with Gasteiger partial charge in [0.05, 0.1) is 22.1 Å². The summed E-state index contributed by atoms with van der Waals surface area (Å²) in [6.07, 6.45) is 0. The fourth-order valence-electron chi connectivity index (χ4n) is 2.49. The highest BCUT2D eigenvalue weighted by molar-refractivity contribution is 8.04. The molecule has 0 radical (unpaired) electrons. The Hall–Kier alpha value is -2.46. The minimum absolute atomic E-state index is 0.209. The maximum absolute atomic E-state index is 13.4. The third kappa shape index (κ3) is 2.40. The Labute approximate surface area is 151 Å². The molecule has 0 aliphatic carbocycles. The second-order valence-corrected chi connectivity index (χ2v) is 7.34. The number of fused-ring (bicyclic) bond motifs is 4. The van der Waals surface area contributed by atoms with Crippen molar-refractivity contribution in [1.82, 2.24) is 19.9 Å². The Balaban J connectivity index is 1.68. The van der Waals surface area contributed by atoms with Crippen LogP contribution in [0.3, 0.4) is 0 Å². The molecule has 0 spiro atoms. The zero-order chi connectivity index (χ0) is 18.0. The highest BCUT2D eigenvalue weighted by atomic mass is 32.2. The van der Waals surface area contributed by atoms with E-state index < -0.39 is 23.3 Å². The number of nitrogens with zero attached hydrogens (tertiary/aromatic N) is 4. The molecule has 0 fully saturated rings. The van der Waals surface area contributed by atoms with Crippen LogP contribution in [0.25, 0.3) is 22.1 Å². The highest BCUT2D eigenvalue weighted by Crippen LogP contribution is 2.46. The number of rotatable bonds is 0. The van der Waals surface area contributed by atoms with Gasteiger partial charge in [0.15, 0.2) is 23.3 Å². The van der Waals surface area contributed by atoms with Gasteiger partial charge in [0, 0.05) is 24.3 Å². The molecule has 3 heterocycles. The van der Waals surface area contributed by atoms with Crippen molar-refractivity contribution in [3.8, 4) is 0 Å². The van der Waals surface area contributed by atoms with Gasteiger partial charge in [0.25, 0.3) is 0 Å². The molecule has 0 saturated carbocycles. The summed E-state index contributed by atoms with van der Waals surface area (Å²) >= 11 is 2.26. The highest BCUT2D eigenvalue weighted by Gasteiger charge is 2.24. The maximum Gasteiger partial charge on any atom is 0.161 e. The molecular weight excluding hydrogens is 388 g/mol. The maximum atomic E-state index is 13.4. The Morgan fingerprint density at radius 2 is 0.692 bits per heavy atom. The molecule has 1 aliphatic rings. The van der Waals surface area contributed by atoms with Gasteiger partial charge in [-0.2, -0.15) is 0 Å². The van der Waals surface area contributed by atoms with E-state index in [2.05, 4.69) is 19.9 Å². The Morgan fingerprint density at radius 1 is 0.462 bits per heavy atom. The summed E-state index contributed by atoms with van der Waals surface area (Å²) in [7, 11) is 0. The van der Waals surface area contributed by atoms with Crippen LogP contribution in [0, 0.1) is 23.3 Å². The molecule has 26 heavy (non-hydrogen) atoms. The molecule has 0 N–H and O–H groups in total. The zero-order valence-corrected chi connectivity index (χ0v) is 14.1. The van der Waals surface area contributed by atoms with Gasteiger partial charge in [0.2, 0.25) is 0 Å². The van der Waals surface area contributed by atoms with E-state index in [9.17, 15) is 17.6 Å². The predicted octanol–water partition coefficient (Wildman–Crippen LogP) is 4.75. The average Bonchev–Trinajstić information content (AvgIpc) is 2.59. The monoisotopic (exact) mass is 392 g/mol. The molecule has 0 unspecified atom stereocenters. The second-order valence-electron chi connectivity index (χ2n) is 5.38. The molecule has 4 nitrogen and oxygen atoms in total. The molecule has 0 atom stereocenters. The normalized spacial score (nSPS) is 13.1. The van der Waals surface area contributed by atoms with Crippen LogP contribution in [-0.2, 0) is 0 Å².